The smallest absolute Gasteiger partial charge is 0.344 e. The van der Waals surface area contributed by atoms with Crippen molar-refractivity contribution in [2.45, 2.75) is 47.1 Å². The predicted octanol–water partition coefficient (Wildman–Crippen LogP) is 4.61. The Bertz CT molecular complexity index is 1030. The summed E-state index contributed by atoms with van der Waals surface area (Å²) in [5, 5.41) is 3.85. The van der Waals surface area contributed by atoms with E-state index in [1.54, 1.807) is 6.92 Å². The van der Waals surface area contributed by atoms with Crippen molar-refractivity contribution < 1.29 is 18.8 Å². The van der Waals surface area contributed by atoms with Gasteiger partial charge in [0.2, 0.25) is 5.78 Å². The highest BCUT2D eigenvalue weighted by molar-refractivity contribution is 6.00. The summed E-state index contributed by atoms with van der Waals surface area (Å²) in [5.74, 6) is -0.350. The topological polar surface area (TPSA) is 74.3 Å². The molecule has 0 spiro atoms. The van der Waals surface area contributed by atoms with Gasteiger partial charge in [-0.25, -0.2) is 4.79 Å². The monoisotopic (exact) mass is 394 g/mol. The van der Waals surface area contributed by atoms with Crippen LogP contribution in [0.15, 0.2) is 40.9 Å². The molecule has 6 heteroatoms. The van der Waals surface area contributed by atoms with E-state index in [1.165, 1.54) is 0 Å². The van der Waals surface area contributed by atoms with Gasteiger partial charge >= 0.3 is 5.97 Å². The molecule has 2 aromatic heterocycles. The van der Waals surface area contributed by atoms with Gasteiger partial charge in [0.25, 0.3) is 0 Å². The quantitative estimate of drug-likeness (QED) is 0.432. The van der Waals surface area contributed by atoms with Gasteiger partial charge in [-0.15, -0.1) is 0 Å². The molecule has 0 bridgehead atoms. The van der Waals surface area contributed by atoms with Gasteiger partial charge in [-0.2, -0.15) is 0 Å². The molecular weight excluding hydrogens is 368 g/mol. The van der Waals surface area contributed by atoms with Gasteiger partial charge in [-0.1, -0.05) is 49.3 Å². The van der Waals surface area contributed by atoms with Gasteiger partial charge in [0.1, 0.15) is 5.56 Å². The molecule has 0 saturated heterocycles. The number of aryl methyl sites for hydroxylation is 2. The summed E-state index contributed by atoms with van der Waals surface area (Å²) in [6.07, 6.45) is 0. The maximum atomic E-state index is 12.7. The van der Waals surface area contributed by atoms with E-state index in [2.05, 4.69) is 21.9 Å². The molecule has 6 nitrogen and oxygen atoms in total. The minimum atomic E-state index is -0.584. The lowest BCUT2D eigenvalue weighted by Crippen LogP contribution is -2.16. The molecule has 0 aliphatic rings. The fourth-order valence-corrected chi connectivity index (χ4v) is 3.40. The largest absolute Gasteiger partial charge is 0.454 e. The molecular formula is C23H26N2O4. The van der Waals surface area contributed by atoms with Crippen molar-refractivity contribution in [3.8, 4) is 0 Å². The average Bonchev–Trinajstić information content (AvgIpc) is 3.22. The maximum absolute atomic E-state index is 12.7. The standard InChI is InChI=1S/C23H26N2O4/c1-14(2)22-21(16(4)24-29-22)23(27)28-13-20(26)19-11-15(3)25(17(19)5)12-18-9-7-6-8-10-18/h6-11,14H,12-13H2,1-5H3. The van der Waals surface area contributed by atoms with Crippen molar-refractivity contribution in [3.63, 3.8) is 0 Å². The molecule has 2 heterocycles. The number of carbonyl (C=O) groups is 2. The van der Waals surface area contributed by atoms with E-state index in [9.17, 15) is 9.59 Å². The number of Topliss-reactive ketones (excluding diaryl/α,β-unsaturated/α-hetero) is 1. The third kappa shape index (κ3) is 4.31. The highest BCUT2D eigenvalue weighted by Gasteiger charge is 2.25. The van der Waals surface area contributed by atoms with Crippen molar-refractivity contribution in [1.29, 1.82) is 0 Å². The van der Waals surface area contributed by atoms with Crippen LogP contribution >= 0.6 is 0 Å². The summed E-state index contributed by atoms with van der Waals surface area (Å²) in [4.78, 5) is 25.2. The van der Waals surface area contributed by atoms with Crippen molar-refractivity contribution >= 4 is 11.8 Å². The van der Waals surface area contributed by atoms with Crippen LogP contribution in [0.3, 0.4) is 0 Å². The molecule has 0 aliphatic heterocycles. The lowest BCUT2D eigenvalue weighted by atomic mass is 10.1. The number of aromatic nitrogens is 2. The van der Waals surface area contributed by atoms with E-state index in [4.69, 9.17) is 9.26 Å². The Kier molecular flexibility index (Phi) is 6.01. The first-order chi connectivity index (χ1) is 13.8. The summed E-state index contributed by atoms with van der Waals surface area (Å²) in [6, 6.07) is 11.9. The van der Waals surface area contributed by atoms with Crippen LogP contribution in [-0.4, -0.2) is 28.1 Å². The van der Waals surface area contributed by atoms with Gasteiger partial charge in [-0.3, -0.25) is 4.79 Å². The first-order valence-electron chi connectivity index (χ1n) is 9.66. The lowest BCUT2D eigenvalue weighted by molar-refractivity contribution is 0.0471. The number of nitrogens with zero attached hydrogens (tertiary/aromatic N) is 2. The minimum absolute atomic E-state index is 0.00800. The van der Waals surface area contributed by atoms with Crippen molar-refractivity contribution in [2.24, 2.45) is 0 Å². The molecule has 29 heavy (non-hydrogen) atoms. The molecule has 0 atom stereocenters. The van der Waals surface area contributed by atoms with Crippen LogP contribution in [0.2, 0.25) is 0 Å². The molecule has 152 valence electrons. The number of benzene rings is 1. The predicted molar refractivity (Wildman–Crippen MR) is 109 cm³/mol. The Hall–Kier alpha value is -3.15. The zero-order valence-electron chi connectivity index (χ0n) is 17.5. The second-order valence-corrected chi connectivity index (χ2v) is 7.52. The Morgan fingerprint density at radius 3 is 2.48 bits per heavy atom. The number of carbonyl (C=O) groups excluding carboxylic acids is 2. The molecule has 0 saturated carbocycles. The summed E-state index contributed by atoms with van der Waals surface area (Å²) in [5.41, 5.74) is 4.34. The van der Waals surface area contributed by atoms with Crippen LogP contribution in [0.4, 0.5) is 0 Å². The fraction of sp³-hybridized carbons (Fsp3) is 0.348. The van der Waals surface area contributed by atoms with E-state index < -0.39 is 5.97 Å². The number of rotatable bonds is 7. The van der Waals surface area contributed by atoms with Gasteiger partial charge < -0.3 is 13.8 Å². The molecule has 1 aromatic carbocycles. The van der Waals surface area contributed by atoms with Crippen LogP contribution < -0.4 is 0 Å². The number of ether oxygens (including phenoxy) is 1. The van der Waals surface area contributed by atoms with E-state index >= 15 is 0 Å². The van der Waals surface area contributed by atoms with Crippen LogP contribution in [0.25, 0.3) is 0 Å². The summed E-state index contributed by atoms with van der Waals surface area (Å²) in [7, 11) is 0. The first kappa shape index (κ1) is 20.6. The van der Waals surface area contributed by atoms with Crippen LogP contribution in [-0.2, 0) is 11.3 Å². The van der Waals surface area contributed by atoms with Crippen molar-refractivity contribution in [2.75, 3.05) is 6.61 Å². The van der Waals surface area contributed by atoms with E-state index in [-0.39, 0.29) is 18.3 Å². The zero-order chi connectivity index (χ0) is 21.1. The fourth-order valence-electron chi connectivity index (χ4n) is 3.40. The number of esters is 1. The van der Waals surface area contributed by atoms with Crippen LogP contribution in [0, 0.1) is 20.8 Å². The van der Waals surface area contributed by atoms with Crippen LogP contribution in [0.5, 0.6) is 0 Å². The molecule has 0 amide bonds. The molecule has 0 N–H and O–H groups in total. The van der Waals surface area contributed by atoms with Crippen LogP contribution in [0.1, 0.15) is 68.9 Å². The third-order valence-electron chi connectivity index (χ3n) is 5.01. The Balaban J connectivity index is 1.73. The summed E-state index contributed by atoms with van der Waals surface area (Å²) >= 11 is 0. The SMILES string of the molecule is Cc1noc(C(C)C)c1C(=O)OCC(=O)c1cc(C)n(Cc2ccccc2)c1C. The zero-order valence-corrected chi connectivity index (χ0v) is 17.5. The van der Waals surface area contributed by atoms with E-state index in [0.717, 1.165) is 17.0 Å². The lowest BCUT2D eigenvalue weighted by Gasteiger charge is -2.10. The summed E-state index contributed by atoms with van der Waals surface area (Å²) < 4.78 is 12.6. The number of hydrogen-bond acceptors (Lipinski definition) is 5. The molecule has 0 unspecified atom stereocenters. The minimum Gasteiger partial charge on any atom is -0.454 e. The summed E-state index contributed by atoms with van der Waals surface area (Å²) in [6.45, 7) is 9.73. The first-order valence-corrected chi connectivity index (χ1v) is 9.66. The third-order valence-corrected chi connectivity index (χ3v) is 5.01. The Morgan fingerprint density at radius 1 is 1.14 bits per heavy atom. The van der Waals surface area contributed by atoms with Gasteiger partial charge in [0.15, 0.2) is 12.4 Å². The Labute approximate surface area is 170 Å². The van der Waals surface area contributed by atoms with Gasteiger partial charge in [-0.05, 0) is 32.4 Å². The van der Waals surface area contributed by atoms with Gasteiger partial charge in [0, 0.05) is 29.4 Å². The maximum Gasteiger partial charge on any atom is 0.344 e. The number of ketones is 1. The molecule has 3 aromatic rings. The highest BCUT2D eigenvalue weighted by Crippen LogP contribution is 2.23. The molecule has 0 fully saturated rings. The second-order valence-electron chi connectivity index (χ2n) is 7.52. The van der Waals surface area contributed by atoms with E-state index in [1.807, 2.05) is 52.0 Å². The molecule has 0 aliphatic carbocycles. The van der Waals surface area contributed by atoms with Crippen molar-refractivity contribution in [3.05, 3.63) is 75.9 Å². The molecule has 0 radical (unpaired) electrons. The molecule has 3 rings (SSSR count). The normalized spacial score (nSPS) is 11.1. The number of hydrogen-bond donors (Lipinski definition) is 0. The second kappa shape index (κ2) is 8.47. The highest BCUT2D eigenvalue weighted by atomic mass is 16.5. The average molecular weight is 394 g/mol. The van der Waals surface area contributed by atoms with Crippen molar-refractivity contribution in [1.82, 2.24) is 9.72 Å². The van der Waals surface area contributed by atoms with E-state index in [0.29, 0.717) is 29.1 Å². The van der Waals surface area contributed by atoms with Gasteiger partial charge in [0.05, 0.1) is 5.69 Å². The Morgan fingerprint density at radius 2 is 1.83 bits per heavy atom.